The van der Waals surface area contributed by atoms with Crippen LogP contribution in [-0.4, -0.2) is 19.5 Å². The van der Waals surface area contributed by atoms with Gasteiger partial charge < -0.3 is 8.83 Å². The zero-order valence-corrected chi connectivity index (χ0v) is 30.2. The predicted molar refractivity (Wildman–Crippen MR) is 224 cm³/mol. The predicted octanol–water partition coefficient (Wildman–Crippen LogP) is 13.1. The largest absolute Gasteiger partial charge is 0.456 e. The number of hydrogen-bond donors (Lipinski definition) is 0. The maximum Gasteiger partial charge on any atom is 0.238 e. The normalized spacial score (nSPS) is 11.9. The summed E-state index contributed by atoms with van der Waals surface area (Å²) in [4.78, 5) is 15.6. The van der Waals surface area contributed by atoms with Crippen molar-refractivity contribution in [2.45, 2.75) is 26.2 Å². The Balaban J connectivity index is 1.13. The van der Waals surface area contributed by atoms with Crippen LogP contribution in [0.4, 0.5) is 0 Å². The Kier molecular flexibility index (Phi) is 7.17. The van der Waals surface area contributed by atoms with Gasteiger partial charge in [0, 0.05) is 43.4 Å². The van der Waals surface area contributed by atoms with Crippen molar-refractivity contribution >= 4 is 65.7 Å². The van der Waals surface area contributed by atoms with Crippen molar-refractivity contribution in [3.63, 3.8) is 0 Å². The number of aromatic nitrogens is 4. The van der Waals surface area contributed by atoms with Gasteiger partial charge in [-0.1, -0.05) is 123 Å². The van der Waals surface area contributed by atoms with E-state index in [0.717, 1.165) is 94.4 Å². The van der Waals surface area contributed by atoms with E-state index in [1.807, 2.05) is 60.7 Å². The third kappa shape index (κ3) is 5.13. The first-order valence-corrected chi connectivity index (χ1v) is 18.9. The van der Waals surface area contributed by atoms with Gasteiger partial charge in [-0.2, -0.15) is 9.97 Å². The summed E-state index contributed by atoms with van der Waals surface area (Å²) >= 11 is 0. The lowest BCUT2D eigenvalue weighted by Crippen LogP contribution is -2.06. The number of nitrogens with zero attached hydrogens (tertiary/aromatic N) is 4. The molecule has 6 nitrogen and oxygen atoms in total. The highest BCUT2D eigenvalue weighted by Crippen LogP contribution is 2.39. The van der Waals surface area contributed by atoms with Crippen molar-refractivity contribution in [3.8, 4) is 39.9 Å². The first kappa shape index (κ1) is 31.5. The molecule has 0 amide bonds. The van der Waals surface area contributed by atoms with Crippen LogP contribution in [0.5, 0.6) is 0 Å². The lowest BCUT2D eigenvalue weighted by atomic mass is 10.0. The minimum Gasteiger partial charge on any atom is -0.456 e. The number of rotatable bonds is 7. The summed E-state index contributed by atoms with van der Waals surface area (Å²) in [5.41, 5.74) is 10.8. The van der Waals surface area contributed by atoms with Gasteiger partial charge in [-0.15, -0.1) is 0 Å². The lowest BCUT2D eigenvalue weighted by Gasteiger charge is -2.12. The van der Waals surface area contributed by atoms with Gasteiger partial charge in [0.2, 0.25) is 5.95 Å². The van der Waals surface area contributed by atoms with E-state index in [9.17, 15) is 0 Å². The molecule has 0 atom stereocenters. The Morgan fingerprint density at radius 2 is 1.18 bits per heavy atom. The number of fused-ring (bicyclic) bond motifs is 9. The van der Waals surface area contributed by atoms with E-state index in [1.54, 1.807) is 0 Å². The molecule has 11 rings (SSSR count). The SMILES string of the molecule is CCCCc1ccc2c(c1)oc1ccc(-c3ccc4c5ccccc5n(-c5nc(-c6ccccc6)nc(-c6cccc7oc8ccccc8c67)n5)c4c3)cc12. The van der Waals surface area contributed by atoms with E-state index in [0.29, 0.717) is 17.6 Å². The van der Waals surface area contributed by atoms with Gasteiger partial charge in [0.05, 0.1) is 11.0 Å². The Morgan fingerprint density at radius 3 is 2.09 bits per heavy atom. The van der Waals surface area contributed by atoms with E-state index >= 15 is 0 Å². The molecule has 0 aliphatic carbocycles. The summed E-state index contributed by atoms with van der Waals surface area (Å²) in [5.74, 6) is 1.73. The van der Waals surface area contributed by atoms with Crippen molar-refractivity contribution in [2.75, 3.05) is 0 Å². The second kappa shape index (κ2) is 12.5. The summed E-state index contributed by atoms with van der Waals surface area (Å²) < 4.78 is 14.8. The molecule has 0 N–H and O–H groups in total. The number of hydrogen-bond acceptors (Lipinski definition) is 5. The van der Waals surface area contributed by atoms with Crippen LogP contribution in [0.2, 0.25) is 0 Å². The zero-order chi connectivity index (χ0) is 36.5. The van der Waals surface area contributed by atoms with Gasteiger partial charge in [-0.05, 0) is 72.0 Å². The number of furan rings is 2. The highest BCUT2D eigenvalue weighted by molar-refractivity contribution is 6.13. The molecule has 4 heterocycles. The lowest BCUT2D eigenvalue weighted by molar-refractivity contribution is 0.667. The van der Waals surface area contributed by atoms with Crippen LogP contribution in [0.1, 0.15) is 25.3 Å². The van der Waals surface area contributed by atoms with Crippen LogP contribution in [0.25, 0.3) is 106 Å². The molecule has 6 heteroatoms. The average Bonchev–Trinajstić information content (AvgIpc) is 3.91. The quantitative estimate of drug-likeness (QED) is 0.165. The van der Waals surface area contributed by atoms with E-state index < -0.39 is 0 Å². The molecule has 0 saturated carbocycles. The first-order valence-electron chi connectivity index (χ1n) is 18.9. The molecule has 0 radical (unpaired) electrons. The van der Waals surface area contributed by atoms with Gasteiger partial charge in [-0.25, -0.2) is 4.98 Å². The van der Waals surface area contributed by atoms with Crippen molar-refractivity contribution in [1.29, 1.82) is 0 Å². The fourth-order valence-electron chi connectivity index (χ4n) is 8.17. The molecular weight excluding hydrogens is 677 g/mol. The summed E-state index contributed by atoms with van der Waals surface area (Å²) in [6, 6.07) is 52.7. The summed E-state index contributed by atoms with van der Waals surface area (Å²) in [6.07, 6.45) is 3.41. The molecule has 0 spiro atoms. The third-order valence-corrected chi connectivity index (χ3v) is 10.9. The molecule has 55 heavy (non-hydrogen) atoms. The monoisotopic (exact) mass is 710 g/mol. The first-order chi connectivity index (χ1) is 27.2. The zero-order valence-electron chi connectivity index (χ0n) is 30.2. The minimum atomic E-state index is 0.548. The smallest absolute Gasteiger partial charge is 0.238 e. The average molecular weight is 711 g/mol. The van der Waals surface area contributed by atoms with E-state index in [-0.39, 0.29) is 0 Å². The summed E-state index contributed by atoms with van der Waals surface area (Å²) in [5, 5.41) is 6.52. The van der Waals surface area contributed by atoms with E-state index in [4.69, 9.17) is 23.8 Å². The molecule has 0 bridgehead atoms. The molecule has 0 fully saturated rings. The number of unbranched alkanes of at least 4 members (excludes halogenated alkanes) is 1. The van der Waals surface area contributed by atoms with Crippen LogP contribution >= 0.6 is 0 Å². The van der Waals surface area contributed by atoms with Crippen molar-refractivity contribution in [1.82, 2.24) is 19.5 Å². The van der Waals surface area contributed by atoms with Gasteiger partial charge in [0.15, 0.2) is 11.6 Å². The second-order valence-electron chi connectivity index (χ2n) is 14.3. The highest BCUT2D eigenvalue weighted by Gasteiger charge is 2.21. The van der Waals surface area contributed by atoms with Crippen LogP contribution in [0.15, 0.2) is 160 Å². The Bertz CT molecular complexity index is 3260. The van der Waals surface area contributed by atoms with Crippen LogP contribution < -0.4 is 0 Å². The Labute approximate surface area is 316 Å². The molecule has 0 aliphatic rings. The second-order valence-corrected chi connectivity index (χ2v) is 14.3. The Morgan fingerprint density at radius 1 is 0.473 bits per heavy atom. The van der Waals surface area contributed by atoms with Gasteiger partial charge >= 0.3 is 0 Å². The standard InChI is InChI=1S/C49H34N4O2/c1-2-3-12-30-21-24-36-39-28-32(23-26-43(39)55-45(36)27-30)33-22-25-35-34-15-7-9-18-40(34)53(41(35)29-33)49-51-47(31-13-5-4-6-14-31)50-48(52-49)38-17-11-20-44-46(38)37-16-8-10-19-42(37)54-44/h4-11,13-29H,2-3,12H2,1H3. The molecule has 11 aromatic rings. The Hall–Kier alpha value is -7.05. The van der Waals surface area contributed by atoms with Gasteiger partial charge in [0.25, 0.3) is 0 Å². The number of aryl methyl sites for hydroxylation is 1. The maximum absolute atomic E-state index is 6.36. The fourth-order valence-corrected chi connectivity index (χ4v) is 8.17. The molecule has 4 aromatic heterocycles. The number of para-hydroxylation sites is 2. The third-order valence-electron chi connectivity index (χ3n) is 10.9. The van der Waals surface area contributed by atoms with Crippen LogP contribution in [-0.2, 0) is 6.42 Å². The van der Waals surface area contributed by atoms with Gasteiger partial charge in [-0.3, -0.25) is 4.57 Å². The van der Waals surface area contributed by atoms with Gasteiger partial charge in [0.1, 0.15) is 22.3 Å². The molecule has 0 saturated heterocycles. The number of benzene rings is 7. The summed E-state index contributed by atoms with van der Waals surface area (Å²) in [7, 11) is 0. The van der Waals surface area contributed by atoms with Crippen molar-refractivity contribution in [2.24, 2.45) is 0 Å². The van der Waals surface area contributed by atoms with Crippen molar-refractivity contribution in [3.05, 3.63) is 157 Å². The molecule has 0 unspecified atom stereocenters. The van der Waals surface area contributed by atoms with Crippen molar-refractivity contribution < 1.29 is 8.83 Å². The highest BCUT2D eigenvalue weighted by atomic mass is 16.3. The van der Waals surface area contributed by atoms with Crippen LogP contribution in [0, 0.1) is 0 Å². The topological polar surface area (TPSA) is 69.9 Å². The van der Waals surface area contributed by atoms with E-state index in [1.165, 1.54) is 18.4 Å². The van der Waals surface area contributed by atoms with E-state index in [2.05, 4.69) is 102 Å². The minimum absolute atomic E-state index is 0.548. The maximum atomic E-state index is 6.36. The molecular formula is C49H34N4O2. The fraction of sp³-hybridized carbons (Fsp3) is 0.0816. The summed E-state index contributed by atoms with van der Waals surface area (Å²) in [6.45, 7) is 2.23. The molecule has 262 valence electrons. The molecule has 7 aromatic carbocycles. The molecule has 0 aliphatic heterocycles. The van der Waals surface area contributed by atoms with Crippen LogP contribution in [0.3, 0.4) is 0 Å².